The summed E-state index contributed by atoms with van der Waals surface area (Å²) in [6.07, 6.45) is 0. The van der Waals surface area contributed by atoms with Crippen molar-refractivity contribution in [2.75, 3.05) is 4.72 Å². The molecule has 1 heterocycles. The zero-order chi connectivity index (χ0) is 20.0. The smallest absolute Gasteiger partial charge is 0.273 e. The van der Waals surface area contributed by atoms with Crippen LogP contribution in [0, 0.1) is 17.0 Å². The number of nitrogens with one attached hydrogen (secondary N) is 1. The van der Waals surface area contributed by atoms with Crippen molar-refractivity contribution in [3.05, 3.63) is 58.0 Å². The number of oxazole rings is 1. The van der Waals surface area contributed by atoms with E-state index in [1.165, 1.54) is 25.1 Å². The number of nitro benzene ring substituents is 1. The minimum atomic E-state index is -4.00. The molecule has 9 heteroatoms. The van der Waals surface area contributed by atoms with Gasteiger partial charge in [0, 0.05) is 17.0 Å². The molecule has 0 spiro atoms. The van der Waals surface area contributed by atoms with Crippen molar-refractivity contribution in [3.8, 4) is 0 Å². The van der Waals surface area contributed by atoms with Gasteiger partial charge in [0.1, 0.15) is 5.52 Å². The van der Waals surface area contributed by atoms with E-state index in [-0.39, 0.29) is 21.6 Å². The summed E-state index contributed by atoms with van der Waals surface area (Å²) >= 11 is 0. The summed E-state index contributed by atoms with van der Waals surface area (Å²) in [5, 5.41) is 11.1. The van der Waals surface area contributed by atoms with Crippen LogP contribution >= 0.6 is 0 Å². The Balaban J connectivity index is 1.99. The fraction of sp³-hybridized carbons (Fsp3) is 0.278. The second kappa shape index (κ2) is 6.34. The molecular formula is C18H19N3O5S. The van der Waals surface area contributed by atoms with Crippen LogP contribution in [-0.2, 0) is 15.4 Å². The number of hydrogen-bond acceptors (Lipinski definition) is 6. The van der Waals surface area contributed by atoms with Gasteiger partial charge >= 0.3 is 0 Å². The average Bonchev–Trinajstić information content (AvgIpc) is 2.97. The third-order valence-electron chi connectivity index (χ3n) is 4.02. The third kappa shape index (κ3) is 3.63. The number of anilines is 1. The Bertz CT molecular complexity index is 1140. The summed E-state index contributed by atoms with van der Waals surface area (Å²) in [6.45, 7) is 7.30. The first-order chi connectivity index (χ1) is 12.5. The van der Waals surface area contributed by atoms with Crippen molar-refractivity contribution in [3.63, 3.8) is 0 Å². The van der Waals surface area contributed by atoms with Gasteiger partial charge in [0.05, 0.1) is 15.5 Å². The predicted molar refractivity (Wildman–Crippen MR) is 101 cm³/mol. The van der Waals surface area contributed by atoms with E-state index in [1.807, 2.05) is 20.8 Å². The number of rotatable bonds is 4. The largest absolute Gasteiger partial charge is 0.440 e. The van der Waals surface area contributed by atoms with E-state index < -0.39 is 14.9 Å². The molecule has 0 aliphatic heterocycles. The van der Waals surface area contributed by atoms with Crippen LogP contribution in [0.2, 0.25) is 0 Å². The van der Waals surface area contributed by atoms with Crippen LogP contribution in [0.1, 0.15) is 32.2 Å². The highest BCUT2D eigenvalue weighted by molar-refractivity contribution is 7.92. The van der Waals surface area contributed by atoms with Crippen LogP contribution in [0.3, 0.4) is 0 Å². The highest BCUT2D eigenvalue weighted by Crippen LogP contribution is 2.29. The standard InChI is InChI=1S/C18H19N3O5S/c1-11-14(21(22)23)6-5-7-16(11)27(24,25)20-12-8-9-15-13(10-12)19-17(26-15)18(2,3)4/h5-10,20H,1-4H3. The summed E-state index contributed by atoms with van der Waals surface area (Å²) < 4.78 is 33.6. The molecule has 27 heavy (non-hydrogen) atoms. The summed E-state index contributed by atoms with van der Waals surface area (Å²) in [7, 11) is -4.00. The number of sulfonamides is 1. The van der Waals surface area contributed by atoms with E-state index in [2.05, 4.69) is 9.71 Å². The molecule has 142 valence electrons. The van der Waals surface area contributed by atoms with E-state index in [9.17, 15) is 18.5 Å². The Kier molecular flexibility index (Phi) is 4.43. The molecule has 0 fully saturated rings. The van der Waals surface area contributed by atoms with Gasteiger partial charge in [0.25, 0.3) is 15.7 Å². The molecule has 0 atom stereocenters. The molecule has 0 saturated heterocycles. The Labute approximate surface area is 156 Å². The van der Waals surface area contributed by atoms with Gasteiger partial charge in [0.15, 0.2) is 5.58 Å². The van der Waals surface area contributed by atoms with Crippen molar-refractivity contribution >= 4 is 32.5 Å². The van der Waals surface area contributed by atoms with Gasteiger partial charge in [-0.25, -0.2) is 13.4 Å². The van der Waals surface area contributed by atoms with Crippen molar-refractivity contribution in [2.45, 2.75) is 38.0 Å². The SMILES string of the molecule is Cc1c([N+](=O)[O-])cccc1S(=O)(=O)Nc1ccc2oc(C(C)(C)C)nc2c1. The van der Waals surface area contributed by atoms with E-state index >= 15 is 0 Å². The minimum absolute atomic E-state index is 0.0764. The molecule has 0 aliphatic rings. The molecular weight excluding hydrogens is 370 g/mol. The quantitative estimate of drug-likeness (QED) is 0.529. The Hall–Kier alpha value is -2.94. The number of aromatic nitrogens is 1. The number of benzene rings is 2. The van der Waals surface area contributed by atoms with Crippen LogP contribution in [0.5, 0.6) is 0 Å². The van der Waals surface area contributed by atoms with Crippen molar-refractivity contribution in [1.29, 1.82) is 0 Å². The third-order valence-corrected chi connectivity index (χ3v) is 5.55. The van der Waals surface area contributed by atoms with E-state index in [4.69, 9.17) is 4.42 Å². The maximum absolute atomic E-state index is 12.7. The van der Waals surface area contributed by atoms with Crippen molar-refractivity contribution < 1.29 is 17.8 Å². The first kappa shape index (κ1) is 18.8. The summed E-state index contributed by atoms with van der Waals surface area (Å²) in [5.41, 5.74) is 0.915. The lowest BCUT2D eigenvalue weighted by Crippen LogP contribution is -2.14. The Morgan fingerprint density at radius 2 is 1.89 bits per heavy atom. The molecule has 3 aromatic rings. The molecule has 0 amide bonds. The lowest BCUT2D eigenvalue weighted by atomic mass is 9.97. The molecule has 0 saturated carbocycles. The Morgan fingerprint density at radius 3 is 2.52 bits per heavy atom. The molecule has 3 rings (SSSR count). The van der Waals surface area contributed by atoms with Crippen LogP contribution in [0.25, 0.3) is 11.1 Å². The zero-order valence-corrected chi connectivity index (χ0v) is 16.1. The lowest BCUT2D eigenvalue weighted by Gasteiger charge is -2.11. The minimum Gasteiger partial charge on any atom is -0.440 e. The molecule has 1 N–H and O–H groups in total. The molecule has 1 aromatic heterocycles. The number of hydrogen-bond donors (Lipinski definition) is 1. The van der Waals surface area contributed by atoms with Crippen LogP contribution in [0.4, 0.5) is 11.4 Å². The lowest BCUT2D eigenvalue weighted by molar-refractivity contribution is -0.385. The normalized spacial score (nSPS) is 12.3. The molecule has 0 unspecified atom stereocenters. The fourth-order valence-electron chi connectivity index (χ4n) is 2.61. The van der Waals surface area contributed by atoms with Crippen molar-refractivity contribution in [1.82, 2.24) is 4.98 Å². The maximum atomic E-state index is 12.7. The molecule has 0 aliphatic carbocycles. The Morgan fingerprint density at radius 1 is 1.19 bits per heavy atom. The van der Waals surface area contributed by atoms with Crippen LogP contribution in [-0.4, -0.2) is 18.3 Å². The monoisotopic (exact) mass is 389 g/mol. The first-order valence-electron chi connectivity index (χ1n) is 8.17. The molecule has 0 bridgehead atoms. The number of fused-ring (bicyclic) bond motifs is 1. The average molecular weight is 389 g/mol. The number of nitro groups is 1. The van der Waals surface area contributed by atoms with E-state index in [0.717, 1.165) is 0 Å². The summed E-state index contributed by atoms with van der Waals surface area (Å²) in [5.74, 6) is 0.548. The van der Waals surface area contributed by atoms with Gasteiger partial charge in [-0.1, -0.05) is 26.8 Å². The van der Waals surface area contributed by atoms with Gasteiger partial charge < -0.3 is 4.42 Å². The van der Waals surface area contributed by atoms with Crippen LogP contribution < -0.4 is 4.72 Å². The van der Waals surface area contributed by atoms with Gasteiger partial charge in [-0.15, -0.1) is 0 Å². The summed E-state index contributed by atoms with van der Waals surface area (Å²) in [4.78, 5) is 14.7. The van der Waals surface area contributed by atoms with E-state index in [1.54, 1.807) is 18.2 Å². The van der Waals surface area contributed by atoms with Gasteiger partial charge in [0.2, 0.25) is 5.89 Å². The van der Waals surface area contributed by atoms with Crippen molar-refractivity contribution in [2.24, 2.45) is 0 Å². The topological polar surface area (TPSA) is 115 Å². The fourth-order valence-corrected chi connectivity index (χ4v) is 3.93. The highest BCUT2D eigenvalue weighted by atomic mass is 32.2. The zero-order valence-electron chi connectivity index (χ0n) is 15.3. The second-order valence-corrected chi connectivity index (χ2v) is 8.87. The van der Waals surface area contributed by atoms with E-state index in [0.29, 0.717) is 22.7 Å². The molecule has 8 nitrogen and oxygen atoms in total. The molecule has 2 aromatic carbocycles. The van der Waals surface area contributed by atoms with Gasteiger partial charge in [-0.3, -0.25) is 14.8 Å². The predicted octanol–water partition coefficient (Wildman–Crippen LogP) is 4.14. The molecule has 0 radical (unpaired) electrons. The first-order valence-corrected chi connectivity index (χ1v) is 9.65. The van der Waals surface area contributed by atoms with Gasteiger partial charge in [-0.05, 0) is 31.2 Å². The highest BCUT2D eigenvalue weighted by Gasteiger charge is 2.24. The van der Waals surface area contributed by atoms with Crippen LogP contribution in [0.15, 0.2) is 45.7 Å². The maximum Gasteiger partial charge on any atom is 0.273 e. The summed E-state index contributed by atoms with van der Waals surface area (Å²) in [6, 6.07) is 8.70. The number of nitrogens with zero attached hydrogens (tertiary/aromatic N) is 2. The van der Waals surface area contributed by atoms with Gasteiger partial charge in [-0.2, -0.15) is 0 Å². The second-order valence-electron chi connectivity index (χ2n) is 7.21.